The highest BCUT2D eigenvalue weighted by atomic mass is 16.3. The van der Waals surface area contributed by atoms with Gasteiger partial charge in [0.2, 0.25) is 0 Å². The van der Waals surface area contributed by atoms with Gasteiger partial charge in [-0.15, -0.1) is 0 Å². The third-order valence-electron chi connectivity index (χ3n) is 2.84. The molecule has 14 heavy (non-hydrogen) atoms. The fraction of sp³-hybridized carbons (Fsp3) is 0.500. The molecule has 0 atom stereocenters. The van der Waals surface area contributed by atoms with Crippen LogP contribution in [0.3, 0.4) is 0 Å². The molecule has 0 unspecified atom stereocenters. The summed E-state index contributed by atoms with van der Waals surface area (Å²) < 4.78 is 0. The van der Waals surface area contributed by atoms with Crippen LogP contribution in [0.4, 0.5) is 0 Å². The van der Waals surface area contributed by atoms with Crippen LogP contribution in [-0.4, -0.2) is 23.8 Å². The van der Waals surface area contributed by atoms with Crippen molar-refractivity contribution in [2.75, 3.05) is 13.1 Å². The number of rotatable bonds is 3. The van der Waals surface area contributed by atoms with Crippen molar-refractivity contribution in [1.29, 1.82) is 0 Å². The highest BCUT2D eigenvalue weighted by molar-refractivity contribution is 5.25. The lowest BCUT2D eigenvalue weighted by Crippen LogP contribution is -2.60. The lowest BCUT2D eigenvalue weighted by Gasteiger charge is -2.37. The Morgan fingerprint density at radius 3 is 2.64 bits per heavy atom. The Labute approximate surface area is 85.0 Å². The molecule has 1 fully saturated rings. The first-order valence-electron chi connectivity index (χ1n) is 5.23. The van der Waals surface area contributed by atoms with Gasteiger partial charge in [-0.2, -0.15) is 0 Å². The van der Waals surface area contributed by atoms with E-state index < -0.39 is 5.60 Å². The van der Waals surface area contributed by atoms with Gasteiger partial charge < -0.3 is 10.4 Å². The monoisotopic (exact) mass is 191 g/mol. The Hall–Kier alpha value is -0.860. The molecule has 0 amide bonds. The predicted octanol–water partition coefficient (Wildman–Crippen LogP) is 1.13. The number of aryl methyl sites for hydroxylation is 1. The molecule has 76 valence electrons. The zero-order chi connectivity index (χ0) is 10.0. The summed E-state index contributed by atoms with van der Waals surface area (Å²) in [5.74, 6) is 0. The fourth-order valence-electron chi connectivity index (χ4n) is 1.88. The van der Waals surface area contributed by atoms with E-state index in [1.165, 1.54) is 11.1 Å². The van der Waals surface area contributed by atoms with Crippen LogP contribution in [0.25, 0.3) is 0 Å². The van der Waals surface area contributed by atoms with E-state index in [4.69, 9.17) is 0 Å². The summed E-state index contributed by atoms with van der Waals surface area (Å²) in [4.78, 5) is 0. The molecule has 2 nitrogen and oxygen atoms in total. The fourth-order valence-corrected chi connectivity index (χ4v) is 1.88. The van der Waals surface area contributed by atoms with Gasteiger partial charge >= 0.3 is 0 Å². The summed E-state index contributed by atoms with van der Waals surface area (Å²) in [7, 11) is 0. The molecular weight excluding hydrogens is 174 g/mol. The van der Waals surface area contributed by atoms with E-state index in [1.807, 2.05) is 0 Å². The Kier molecular flexibility index (Phi) is 2.57. The Bertz CT molecular complexity index is 318. The minimum absolute atomic E-state index is 0.494. The quantitative estimate of drug-likeness (QED) is 0.750. The normalized spacial score (nSPS) is 19.0. The third-order valence-corrected chi connectivity index (χ3v) is 2.84. The van der Waals surface area contributed by atoms with Crippen molar-refractivity contribution < 1.29 is 5.11 Å². The van der Waals surface area contributed by atoms with Crippen LogP contribution < -0.4 is 5.32 Å². The van der Waals surface area contributed by atoms with Crippen LogP contribution in [0, 0.1) is 0 Å². The van der Waals surface area contributed by atoms with E-state index >= 15 is 0 Å². The van der Waals surface area contributed by atoms with Crippen molar-refractivity contribution in [3.8, 4) is 0 Å². The van der Waals surface area contributed by atoms with Crippen LogP contribution in [0.1, 0.15) is 18.1 Å². The zero-order valence-electron chi connectivity index (χ0n) is 8.59. The zero-order valence-corrected chi connectivity index (χ0v) is 8.59. The van der Waals surface area contributed by atoms with E-state index in [9.17, 15) is 5.11 Å². The topological polar surface area (TPSA) is 32.3 Å². The molecule has 0 spiro atoms. The molecule has 0 aliphatic carbocycles. The van der Waals surface area contributed by atoms with Gasteiger partial charge in [0.15, 0.2) is 0 Å². The molecule has 0 aromatic heterocycles. The van der Waals surface area contributed by atoms with Gasteiger partial charge in [0.05, 0.1) is 5.60 Å². The second-order valence-corrected chi connectivity index (χ2v) is 4.18. The molecule has 1 heterocycles. The molecule has 0 radical (unpaired) electrons. The standard InChI is InChI=1S/C12H17NO/c1-2-10-4-3-5-11(6-10)7-12(14)8-13-9-12/h3-6,13-14H,2,7-9H2,1H3. The Balaban J connectivity index is 2.08. The molecule has 1 aliphatic heterocycles. The van der Waals surface area contributed by atoms with Crippen molar-refractivity contribution in [3.05, 3.63) is 35.4 Å². The van der Waals surface area contributed by atoms with Gasteiger partial charge in [-0.3, -0.25) is 0 Å². The van der Waals surface area contributed by atoms with Crippen LogP contribution in [0.5, 0.6) is 0 Å². The predicted molar refractivity (Wildman–Crippen MR) is 57.3 cm³/mol. The van der Waals surface area contributed by atoms with Gasteiger partial charge in [0.25, 0.3) is 0 Å². The summed E-state index contributed by atoms with van der Waals surface area (Å²) in [6.07, 6.45) is 1.83. The van der Waals surface area contributed by atoms with E-state index in [0.29, 0.717) is 0 Å². The summed E-state index contributed by atoms with van der Waals surface area (Å²) in [5.41, 5.74) is 2.10. The lowest BCUT2D eigenvalue weighted by atomic mass is 9.88. The van der Waals surface area contributed by atoms with Crippen LogP contribution in [-0.2, 0) is 12.8 Å². The molecule has 0 saturated carbocycles. The summed E-state index contributed by atoms with van der Waals surface area (Å²) in [6, 6.07) is 8.49. The Morgan fingerprint density at radius 2 is 2.07 bits per heavy atom. The van der Waals surface area contributed by atoms with Crippen molar-refractivity contribution in [2.45, 2.75) is 25.4 Å². The molecular formula is C12H17NO. The van der Waals surface area contributed by atoms with Crippen molar-refractivity contribution in [2.24, 2.45) is 0 Å². The molecule has 2 rings (SSSR count). The minimum Gasteiger partial charge on any atom is -0.387 e. The number of benzene rings is 1. The summed E-state index contributed by atoms with van der Waals surface area (Å²) >= 11 is 0. The first-order chi connectivity index (χ1) is 6.72. The molecule has 1 aliphatic rings. The van der Waals surface area contributed by atoms with E-state index in [1.54, 1.807) is 0 Å². The van der Waals surface area contributed by atoms with Crippen molar-refractivity contribution >= 4 is 0 Å². The number of nitrogens with one attached hydrogen (secondary N) is 1. The molecule has 2 heteroatoms. The van der Waals surface area contributed by atoms with E-state index in [0.717, 1.165) is 25.9 Å². The number of hydrogen-bond acceptors (Lipinski definition) is 2. The maximum absolute atomic E-state index is 9.96. The molecule has 1 aromatic carbocycles. The van der Waals surface area contributed by atoms with Crippen molar-refractivity contribution in [1.82, 2.24) is 5.32 Å². The first-order valence-corrected chi connectivity index (χ1v) is 5.23. The van der Waals surface area contributed by atoms with E-state index in [2.05, 4.69) is 36.5 Å². The third kappa shape index (κ3) is 1.97. The minimum atomic E-state index is -0.494. The van der Waals surface area contributed by atoms with E-state index in [-0.39, 0.29) is 0 Å². The molecule has 2 N–H and O–H groups in total. The number of hydrogen-bond donors (Lipinski definition) is 2. The number of β-amino-alcohol motifs (C(OH)–C–C–N with tert-alkyl or cyclic N) is 1. The average molecular weight is 191 g/mol. The summed E-state index contributed by atoms with van der Waals surface area (Å²) in [6.45, 7) is 3.60. The average Bonchev–Trinajstić information content (AvgIpc) is 2.16. The highest BCUT2D eigenvalue weighted by Gasteiger charge is 2.33. The van der Waals surface area contributed by atoms with Crippen LogP contribution in [0.2, 0.25) is 0 Å². The van der Waals surface area contributed by atoms with Crippen LogP contribution in [0.15, 0.2) is 24.3 Å². The second kappa shape index (κ2) is 3.71. The van der Waals surface area contributed by atoms with Gasteiger partial charge in [-0.05, 0) is 17.5 Å². The molecule has 1 aromatic rings. The smallest absolute Gasteiger partial charge is 0.0935 e. The lowest BCUT2D eigenvalue weighted by molar-refractivity contribution is -0.00902. The summed E-state index contributed by atoms with van der Waals surface area (Å²) in [5, 5.41) is 13.1. The largest absolute Gasteiger partial charge is 0.387 e. The van der Waals surface area contributed by atoms with Gasteiger partial charge in [0.1, 0.15) is 0 Å². The maximum atomic E-state index is 9.96. The number of aliphatic hydroxyl groups is 1. The highest BCUT2D eigenvalue weighted by Crippen LogP contribution is 2.18. The van der Waals surface area contributed by atoms with Gasteiger partial charge in [-0.25, -0.2) is 0 Å². The van der Waals surface area contributed by atoms with Crippen LogP contribution >= 0.6 is 0 Å². The maximum Gasteiger partial charge on any atom is 0.0935 e. The molecule has 0 bridgehead atoms. The second-order valence-electron chi connectivity index (χ2n) is 4.18. The van der Waals surface area contributed by atoms with Crippen molar-refractivity contribution in [3.63, 3.8) is 0 Å². The van der Waals surface area contributed by atoms with Gasteiger partial charge in [0, 0.05) is 19.5 Å². The Morgan fingerprint density at radius 1 is 1.36 bits per heavy atom. The first kappa shape index (κ1) is 9.69. The SMILES string of the molecule is CCc1cccc(CC2(O)CNC2)c1. The molecule has 1 saturated heterocycles. The van der Waals surface area contributed by atoms with Gasteiger partial charge in [-0.1, -0.05) is 31.2 Å².